The minimum atomic E-state index is -1.33. The van der Waals surface area contributed by atoms with Crippen LogP contribution in [0.15, 0.2) is 17.1 Å². The molecule has 1 aromatic carbocycles. The van der Waals surface area contributed by atoms with Crippen molar-refractivity contribution in [3.05, 3.63) is 38.9 Å². The second kappa shape index (κ2) is 6.99. The third-order valence-electron chi connectivity index (χ3n) is 6.79. The van der Waals surface area contributed by atoms with Crippen LogP contribution < -0.4 is 16.1 Å². The van der Waals surface area contributed by atoms with Crippen molar-refractivity contribution in [2.24, 2.45) is 11.1 Å². The summed E-state index contributed by atoms with van der Waals surface area (Å²) in [6.07, 6.45) is 4.83. The Morgan fingerprint density at radius 1 is 1.38 bits per heavy atom. The zero-order valence-corrected chi connectivity index (χ0v) is 17.3. The number of carboxylic acid groups (broad SMARTS) is 1. The molecule has 0 bridgehead atoms. The summed E-state index contributed by atoms with van der Waals surface area (Å²) in [5.74, 6) is -1.95. The molecule has 29 heavy (non-hydrogen) atoms. The molecule has 1 aliphatic heterocycles. The van der Waals surface area contributed by atoms with Crippen molar-refractivity contribution in [1.82, 2.24) is 4.57 Å². The molecule has 8 heteroatoms. The van der Waals surface area contributed by atoms with E-state index >= 15 is 4.39 Å². The first-order valence-electron chi connectivity index (χ1n) is 10.0. The van der Waals surface area contributed by atoms with Gasteiger partial charge in [0.25, 0.3) is 0 Å². The summed E-state index contributed by atoms with van der Waals surface area (Å²) < 4.78 is 16.9. The van der Waals surface area contributed by atoms with Gasteiger partial charge < -0.3 is 20.3 Å². The lowest BCUT2D eigenvalue weighted by molar-refractivity contribution is 0.0695. The number of fused-ring (bicyclic) bond motifs is 1. The summed E-state index contributed by atoms with van der Waals surface area (Å²) in [7, 11) is 0. The van der Waals surface area contributed by atoms with E-state index in [0.29, 0.717) is 18.6 Å². The van der Waals surface area contributed by atoms with E-state index in [4.69, 9.17) is 17.3 Å². The van der Waals surface area contributed by atoms with E-state index in [1.165, 1.54) is 6.20 Å². The summed E-state index contributed by atoms with van der Waals surface area (Å²) in [5.41, 5.74) is 5.86. The Morgan fingerprint density at radius 3 is 2.55 bits per heavy atom. The molecule has 2 aromatic rings. The third-order valence-corrected chi connectivity index (χ3v) is 7.15. The van der Waals surface area contributed by atoms with Crippen LogP contribution in [0.4, 0.5) is 10.1 Å². The van der Waals surface area contributed by atoms with E-state index in [1.807, 2.05) is 4.90 Å². The van der Waals surface area contributed by atoms with E-state index in [2.05, 4.69) is 13.8 Å². The first-order chi connectivity index (χ1) is 13.7. The van der Waals surface area contributed by atoms with Crippen LogP contribution >= 0.6 is 11.6 Å². The molecule has 0 spiro atoms. The molecular weight excluding hydrogens is 397 g/mol. The number of benzene rings is 1. The lowest BCUT2D eigenvalue weighted by atomic mass is 9.78. The maximum Gasteiger partial charge on any atom is 0.341 e. The van der Waals surface area contributed by atoms with E-state index in [-0.39, 0.29) is 39.2 Å². The molecule has 0 unspecified atom stereocenters. The Balaban J connectivity index is 1.94. The van der Waals surface area contributed by atoms with E-state index in [1.54, 1.807) is 4.57 Å². The quantitative estimate of drug-likeness (QED) is 0.766. The van der Waals surface area contributed by atoms with Gasteiger partial charge in [-0.05, 0) is 31.7 Å². The number of carbonyl (C=O) groups is 1. The second-order valence-corrected chi connectivity index (χ2v) is 8.67. The summed E-state index contributed by atoms with van der Waals surface area (Å²) in [5, 5.41) is 9.55. The minimum absolute atomic E-state index is 0.00351. The van der Waals surface area contributed by atoms with Gasteiger partial charge in [0.15, 0.2) is 0 Å². The zero-order chi connectivity index (χ0) is 21.1. The maximum atomic E-state index is 15.2. The molecule has 1 saturated heterocycles. The van der Waals surface area contributed by atoms with Gasteiger partial charge in [0, 0.05) is 36.8 Å². The van der Waals surface area contributed by atoms with Crippen LogP contribution in [0.1, 0.15) is 55.9 Å². The molecule has 2 heterocycles. The first-order valence-corrected chi connectivity index (χ1v) is 10.4. The van der Waals surface area contributed by atoms with Crippen LogP contribution in [0.25, 0.3) is 10.9 Å². The third kappa shape index (κ3) is 3.02. The van der Waals surface area contributed by atoms with Gasteiger partial charge in [0.1, 0.15) is 11.4 Å². The van der Waals surface area contributed by atoms with Gasteiger partial charge in [-0.2, -0.15) is 0 Å². The van der Waals surface area contributed by atoms with Gasteiger partial charge in [0.2, 0.25) is 5.43 Å². The molecule has 1 aliphatic carbocycles. The summed E-state index contributed by atoms with van der Waals surface area (Å²) in [6, 6.07) is 1.09. The van der Waals surface area contributed by atoms with Crippen LogP contribution in [0, 0.1) is 11.2 Å². The Kier molecular flexibility index (Phi) is 4.86. The number of hydrogen-bond acceptors (Lipinski definition) is 4. The largest absolute Gasteiger partial charge is 0.477 e. The smallest absolute Gasteiger partial charge is 0.341 e. The van der Waals surface area contributed by atoms with Gasteiger partial charge in [-0.1, -0.05) is 25.4 Å². The maximum absolute atomic E-state index is 15.2. The van der Waals surface area contributed by atoms with Crippen LogP contribution in [0.2, 0.25) is 5.02 Å². The van der Waals surface area contributed by atoms with Crippen LogP contribution in [-0.4, -0.2) is 34.8 Å². The average Bonchev–Trinajstić information content (AvgIpc) is 3.46. The predicted octanol–water partition coefficient (Wildman–Crippen LogP) is 3.78. The highest BCUT2D eigenvalue weighted by Gasteiger charge is 2.43. The van der Waals surface area contributed by atoms with Crippen molar-refractivity contribution in [2.45, 2.75) is 51.6 Å². The highest BCUT2D eigenvalue weighted by Crippen LogP contribution is 2.45. The second-order valence-electron chi connectivity index (χ2n) is 8.29. The Bertz CT molecular complexity index is 1060. The van der Waals surface area contributed by atoms with Crippen LogP contribution in [0.3, 0.4) is 0 Å². The van der Waals surface area contributed by atoms with Crippen molar-refractivity contribution < 1.29 is 14.3 Å². The lowest BCUT2D eigenvalue weighted by Crippen LogP contribution is -2.39. The van der Waals surface area contributed by atoms with Crippen LogP contribution in [0.5, 0.6) is 0 Å². The lowest BCUT2D eigenvalue weighted by Gasteiger charge is -2.30. The van der Waals surface area contributed by atoms with Gasteiger partial charge >= 0.3 is 5.97 Å². The topological polar surface area (TPSA) is 88.6 Å². The van der Waals surface area contributed by atoms with E-state index < -0.39 is 17.2 Å². The number of carboxylic acids is 1. The summed E-state index contributed by atoms with van der Waals surface area (Å²) in [6.45, 7) is 5.24. The summed E-state index contributed by atoms with van der Waals surface area (Å²) in [4.78, 5) is 26.1. The number of anilines is 1. The zero-order valence-electron chi connectivity index (χ0n) is 16.5. The molecule has 6 nitrogen and oxygen atoms in total. The molecule has 2 aliphatic rings. The van der Waals surface area contributed by atoms with E-state index in [9.17, 15) is 14.7 Å². The number of aromatic carboxylic acids is 1. The highest BCUT2D eigenvalue weighted by atomic mass is 35.5. The van der Waals surface area contributed by atoms with Gasteiger partial charge in [-0.3, -0.25) is 4.79 Å². The minimum Gasteiger partial charge on any atom is -0.477 e. The molecular formula is C21H25ClFN3O3. The van der Waals surface area contributed by atoms with Crippen molar-refractivity contribution >= 4 is 34.2 Å². The monoisotopic (exact) mass is 421 g/mol. The SMILES string of the molecule is CCC1(CC)CN(c2c(F)cc3c(=O)c(C(=O)O)cn(C4CC4)c3c2Cl)C[C@H]1N. The number of nitrogens with zero attached hydrogens (tertiary/aromatic N) is 2. The number of nitrogens with two attached hydrogens (primary N) is 1. The summed E-state index contributed by atoms with van der Waals surface area (Å²) >= 11 is 6.71. The van der Waals surface area contributed by atoms with Crippen molar-refractivity contribution in [1.29, 1.82) is 0 Å². The number of aromatic nitrogens is 1. The fraction of sp³-hybridized carbons (Fsp3) is 0.524. The molecule has 156 valence electrons. The Hall–Kier alpha value is -2.12. The number of hydrogen-bond donors (Lipinski definition) is 2. The molecule has 3 N–H and O–H groups in total. The molecule has 1 aromatic heterocycles. The molecule has 1 saturated carbocycles. The standard InChI is InChI=1S/C21H25ClFN3O3/c1-3-21(4-2)10-25(9-15(21)24)18-14(23)7-12-17(16(18)22)26(11-5-6-11)8-13(19(12)27)20(28)29/h7-8,11,15H,3-6,9-10,24H2,1-2H3,(H,28,29)/t15-/m1/s1. The van der Waals surface area contributed by atoms with Crippen LogP contribution in [-0.2, 0) is 0 Å². The normalized spacial score (nSPS) is 21.1. The van der Waals surface area contributed by atoms with Gasteiger partial charge in [-0.15, -0.1) is 0 Å². The first kappa shape index (κ1) is 20.2. The average molecular weight is 422 g/mol. The van der Waals surface area contributed by atoms with Crippen molar-refractivity contribution in [2.75, 3.05) is 18.0 Å². The van der Waals surface area contributed by atoms with Gasteiger partial charge in [-0.25, -0.2) is 9.18 Å². The molecule has 4 rings (SSSR count). The fourth-order valence-electron chi connectivity index (χ4n) is 4.68. The van der Waals surface area contributed by atoms with E-state index in [0.717, 1.165) is 31.7 Å². The predicted molar refractivity (Wildman–Crippen MR) is 112 cm³/mol. The van der Waals surface area contributed by atoms with Gasteiger partial charge in [0.05, 0.1) is 21.6 Å². The van der Waals surface area contributed by atoms with Crippen molar-refractivity contribution in [3.8, 4) is 0 Å². The molecule has 0 radical (unpaired) electrons. The van der Waals surface area contributed by atoms with Crippen molar-refractivity contribution in [3.63, 3.8) is 0 Å². The molecule has 2 fully saturated rings. The fourth-order valence-corrected chi connectivity index (χ4v) is 5.08. The Morgan fingerprint density at radius 2 is 2.03 bits per heavy atom. The number of halogens is 2. The highest BCUT2D eigenvalue weighted by molar-refractivity contribution is 6.38. The number of rotatable bonds is 5. The number of pyridine rings is 1. The molecule has 1 atom stereocenters. The Labute approximate surface area is 173 Å². The molecule has 0 amide bonds.